The summed E-state index contributed by atoms with van der Waals surface area (Å²) in [5.74, 6) is -5.28. The van der Waals surface area contributed by atoms with Gasteiger partial charge in [0.05, 0.1) is 18.6 Å². The number of benzene rings is 1. The predicted octanol–water partition coefficient (Wildman–Crippen LogP) is 2.78. The highest BCUT2D eigenvalue weighted by Crippen LogP contribution is 2.38. The zero-order valence-electron chi connectivity index (χ0n) is 18.8. The molecular formula is C23H32F2N2O6. The van der Waals surface area contributed by atoms with Crippen LogP contribution in [0.25, 0.3) is 0 Å². The highest BCUT2D eigenvalue weighted by atomic mass is 19.3. The number of carbonyl (C=O) groups excluding carboxylic acids is 2. The summed E-state index contributed by atoms with van der Waals surface area (Å²) >= 11 is 0. The average molecular weight is 471 g/mol. The van der Waals surface area contributed by atoms with Gasteiger partial charge in [-0.3, -0.25) is 9.69 Å². The normalized spacial score (nSPS) is 22.8. The van der Waals surface area contributed by atoms with Gasteiger partial charge in [0.1, 0.15) is 6.04 Å². The molecule has 3 rings (SSSR count). The van der Waals surface area contributed by atoms with Crippen molar-refractivity contribution in [2.45, 2.75) is 76.7 Å². The van der Waals surface area contributed by atoms with Gasteiger partial charge in [0.15, 0.2) is 17.8 Å². The van der Waals surface area contributed by atoms with Gasteiger partial charge in [0, 0.05) is 6.92 Å². The Morgan fingerprint density at radius 1 is 1.27 bits per heavy atom. The van der Waals surface area contributed by atoms with E-state index >= 15 is 0 Å². The van der Waals surface area contributed by atoms with Crippen molar-refractivity contribution in [3.63, 3.8) is 0 Å². The van der Waals surface area contributed by atoms with Crippen molar-refractivity contribution in [3.05, 3.63) is 23.8 Å². The lowest BCUT2D eigenvalue weighted by molar-refractivity contribution is -0.178. The maximum absolute atomic E-state index is 14.3. The number of likely N-dealkylation sites (tertiary alicyclic amines) is 1. The lowest BCUT2D eigenvalue weighted by atomic mass is 9.80. The van der Waals surface area contributed by atoms with Crippen LogP contribution in [0.3, 0.4) is 0 Å². The van der Waals surface area contributed by atoms with Gasteiger partial charge in [0.25, 0.3) is 5.92 Å². The number of amides is 3. The number of nitrogens with zero attached hydrogens (tertiary/aromatic N) is 1. The molecule has 1 heterocycles. The first-order chi connectivity index (χ1) is 15.6. The van der Waals surface area contributed by atoms with Crippen LogP contribution in [0, 0.1) is 11.8 Å². The maximum Gasteiger partial charge on any atom is 0.325 e. The van der Waals surface area contributed by atoms with E-state index in [0.29, 0.717) is 23.3 Å². The average Bonchev–Trinajstić information content (AvgIpc) is 2.75. The fraction of sp³-hybridized carbons (Fsp3) is 0.652. The van der Waals surface area contributed by atoms with Gasteiger partial charge in [-0.2, -0.15) is 0 Å². The molecule has 1 aliphatic carbocycles. The molecule has 10 heteroatoms. The van der Waals surface area contributed by atoms with Crippen molar-refractivity contribution >= 4 is 11.9 Å². The largest absolute Gasteiger partial charge is 0.504 e. The second-order valence-electron chi connectivity index (χ2n) is 8.90. The van der Waals surface area contributed by atoms with Gasteiger partial charge in [-0.1, -0.05) is 31.4 Å². The van der Waals surface area contributed by atoms with E-state index in [1.165, 1.54) is 6.07 Å². The number of phenols is 1. The van der Waals surface area contributed by atoms with E-state index in [4.69, 9.17) is 4.74 Å². The Morgan fingerprint density at radius 3 is 2.52 bits per heavy atom. The number of imide groups is 1. The first-order valence-corrected chi connectivity index (χ1v) is 11.4. The molecule has 1 aliphatic heterocycles. The summed E-state index contributed by atoms with van der Waals surface area (Å²) in [6.45, 7) is 2.73. The first kappa shape index (κ1) is 25.2. The molecule has 1 aromatic carbocycles. The molecule has 2 fully saturated rings. The molecule has 4 N–H and O–H groups in total. The molecule has 33 heavy (non-hydrogen) atoms. The van der Waals surface area contributed by atoms with Gasteiger partial charge in [-0.05, 0) is 43.7 Å². The molecular weight excluding hydrogens is 438 g/mol. The number of phenolic OH excluding ortho intramolecular Hbond substituents is 1. The van der Waals surface area contributed by atoms with E-state index in [2.05, 4.69) is 5.32 Å². The van der Waals surface area contributed by atoms with Gasteiger partial charge >= 0.3 is 6.03 Å². The van der Waals surface area contributed by atoms with Crippen LogP contribution >= 0.6 is 0 Å². The van der Waals surface area contributed by atoms with Crippen molar-refractivity contribution in [2.75, 3.05) is 6.61 Å². The summed E-state index contributed by atoms with van der Waals surface area (Å²) in [7, 11) is 0. The number of aromatic hydroxyl groups is 1. The zero-order valence-corrected chi connectivity index (χ0v) is 18.8. The summed E-state index contributed by atoms with van der Waals surface area (Å²) in [6.07, 6.45) is 1.57. The number of urea groups is 1. The molecule has 0 aromatic heterocycles. The number of hydrogen-bond acceptors (Lipinski definition) is 6. The Morgan fingerprint density at radius 2 is 1.94 bits per heavy atom. The highest BCUT2D eigenvalue weighted by molar-refractivity contribution is 6.01. The fourth-order valence-electron chi connectivity index (χ4n) is 4.96. The Kier molecular flexibility index (Phi) is 7.79. The number of carbonyl (C=O) groups is 2. The number of aliphatic hydroxyl groups excluding tert-OH is 1. The van der Waals surface area contributed by atoms with Gasteiger partial charge in [0.2, 0.25) is 5.91 Å². The molecule has 8 nitrogen and oxygen atoms in total. The maximum atomic E-state index is 14.3. The molecule has 184 valence electrons. The predicted molar refractivity (Wildman–Crippen MR) is 115 cm³/mol. The summed E-state index contributed by atoms with van der Waals surface area (Å²) in [5.41, 5.74) is 0.459. The summed E-state index contributed by atoms with van der Waals surface area (Å²) in [5, 5.41) is 32.1. The Hall–Kier alpha value is -2.46. The van der Waals surface area contributed by atoms with Crippen molar-refractivity contribution in [1.82, 2.24) is 10.2 Å². The second kappa shape index (κ2) is 10.2. The van der Waals surface area contributed by atoms with Gasteiger partial charge in [-0.15, -0.1) is 0 Å². The minimum atomic E-state index is -3.20. The minimum absolute atomic E-state index is 0.0232. The number of para-hydroxylation sites is 1. The van der Waals surface area contributed by atoms with Crippen LogP contribution in [0.15, 0.2) is 18.2 Å². The fourth-order valence-corrected chi connectivity index (χ4v) is 4.96. The number of halogens is 2. The van der Waals surface area contributed by atoms with Crippen LogP contribution in [0.2, 0.25) is 0 Å². The molecule has 2 aliphatic rings. The van der Waals surface area contributed by atoms with Crippen molar-refractivity contribution in [2.24, 2.45) is 11.8 Å². The van der Waals surface area contributed by atoms with E-state index in [1.807, 2.05) is 0 Å². The molecule has 0 spiro atoms. The highest BCUT2D eigenvalue weighted by Gasteiger charge is 2.55. The molecule has 1 saturated carbocycles. The summed E-state index contributed by atoms with van der Waals surface area (Å²) in [4.78, 5) is 26.3. The lowest BCUT2D eigenvalue weighted by Gasteiger charge is -2.47. The standard InChI is InChI=1S/C23H32F2N2O6/c1-3-33-18-14(10-7-11-16(18)28)12-15-17(21(30)31)27(20(15)29)22(32)26-19(23(2,24)25)13-8-5-4-6-9-13/h7,10-11,13,15,17,19,21,28,30-31H,3-6,8-9,12H2,1-2H3,(H,26,32)/t15-,17+,19+/m1/s1. The molecule has 0 unspecified atom stereocenters. The van der Waals surface area contributed by atoms with Crippen LogP contribution in [0.1, 0.15) is 51.5 Å². The number of β-lactam (4-membered cyclic amide) rings is 1. The van der Waals surface area contributed by atoms with Crippen LogP contribution < -0.4 is 10.1 Å². The number of nitrogens with one attached hydrogen (secondary N) is 1. The van der Waals surface area contributed by atoms with E-state index in [9.17, 15) is 33.7 Å². The van der Waals surface area contributed by atoms with Crippen LogP contribution in [0.5, 0.6) is 11.5 Å². The van der Waals surface area contributed by atoms with E-state index < -0.39 is 48.1 Å². The van der Waals surface area contributed by atoms with Crippen molar-refractivity contribution < 1.29 is 38.4 Å². The summed E-state index contributed by atoms with van der Waals surface area (Å²) in [6, 6.07) is 0.774. The molecule has 0 bridgehead atoms. The number of rotatable bonds is 8. The third kappa shape index (κ3) is 5.38. The Labute approximate surface area is 191 Å². The summed E-state index contributed by atoms with van der Waals surface area (Å²) < 4.78 is 34.1. The smallest absolute Gasteiger partial charge is 0.325 e. The van der Waals surface area contributed by atoms with Crippen molar-refractivity contribution in [3.8, 4) is 11.5 Å². The molecule has 3 amide bonds. The van der Waals surface area contributed by atoms with E-state index in [0.717, 1.165) is 26.2 Å². The minimum Gasteiger partial charge on any atom is -0.504 e. The Balaban J connectivity index is 1.77. The molecule has 3 atom stereocenters. The molecule has 1 aromatic rings. The number of alkyl halides is 2. The van der Waals surface area contributed by atoms with Crippen molar-refractivity contribution in [1.29, 1.82) is 0 Å². The third-order valence-electron chi connectivity index (χ3n) is 6.54. The van der Waals surface area contributed by atoms with Crippen LogP contribution in [-0.4, -0.2) is 63.1 Å². The number of hydrogen-bond donors (Lipinski definition) is 4. The number of ether oxygens (including phenoxy) is 1. The van der Waals surface area contributed by atoms with Crippen LogP contribution in [-0.2, 0) is 11.2 Å². The van der Waals surface area contributed by atoms with Gasteiger partial charge in [-0.25, -0.2) is 13.6 Å². The van der Waals surface area contributed by atoms with Gasteiger partial charge < -0.3 is 25.4 Å². The Bertz CT molecular complexity index is 854. The number of aliphatic hydroxyl groups is 2. The third-order valence-corrected chi connectivity index (χ3v) is 6.54. The first-order valence-electron chi connectivity index (χ1n) is 11.4. The lowest BCUT2D eigenvalue weighted by Crippen LogP contribution is -2.71. The quantitative estimate of drug-likeness (QED) is 0.343. The topological polar surface area (TPSA) is 119 Å². The SMILES string of the molecule is CCOc1c(O)cccc1C[C@H]1C(=O)N(C(=O)N[C@@H](C2CCCCC2)C(C)(F)F)[C@@H]1C(O)O. The van der Waals surface area contributed by atoms with E-state index in [1.54, 1.807) is 19.1 Å². The van der Waals surface area contributed by atoms with Crippen LogP contribution in [0.4, 0.5) is 13.6 Å². The molecule has 1 saturated heterocycles. The zero-order chi connectivity index (χ0) is 24.3. The second-order valence-corrected chi connectivity index (χ2v) is 8.90. The molecule has 0 radical (unpaired) electrons. The monoisotopic (exact) mass is 470 g/mol. The van der Waals surface area contributed by atoms with E-state index in [-0.39, 0.29) is 24.5 Å².